The van der Waals surface area contributed by atoms with Gasteiger partial charge in [-0.25, -0.2) is 4.98 Å². The number of nitrogens with two attached hydrogens (primary N) is 1. The summed E-state index contributed by atoms with van der Waals surface area (Å²) in [6, 6.07) is 1.79. The van der Waals surface area contributed by atoms with E-state index in [4.69, 9.17) is 10.8 Å². The summed E-state index contributed by atoms with van der Waals surface area (Å²) in [5.74, 6) is 0.318. The fourth-order valence-corrected chi connectivity index (χ4v) is 1.31. The molecule has 17 heavy (non-hydrogen) atoms. The van der Waals surface area contributed by atoms with Gasteiger partial charge in [-0.3, -0.25) is 4.79 Å². The number of hydrogen-bond acceptors (Lipinski definition) is 4. The highest BCUT2D eigenvalue weighted by atomic mass is 16.3. The molecule has 1 aromatic heterocycles. The Morgan fingerprint density at radius 1 is 1.65 bits per heavy atom. The van der Waals surface area contributed by atoms with Crippen molar-refractivity contribution in [3.05, 3.63) is 29.5 Å². The Morgan fingerprint density at radius 2 is 2.41 bits per heavy atom. The fourth-order valence-electron chi connectivity index (χ4n) is 1.31. The summed E-state index contributed by atoms with van der Waals surface area (Å²) < 4.78 is 0. The van der Waals surface area contributed by atoms with Crippen molar-refractivity contribution >= 4 is 17.8 Å². The van der Waals surface area contributed by atoms with Crippen LogP contribution in [-0.4, -0.2) is 22.5 Å². The molecule has 0 saturated heterocycles. The third-order valence-electron chi connectivity index (χ3n) is 2.19. The van der Waals surface area contributed by atoms with Gasteiger partial charge in [0.25, 0.3) is 0 Å². The molecular weight excluding hydrogens is 218 g/mol. The summed E-state index contributed by atoms with van der Waals surface area (Å²) in [6.07, 6.45) is 6.21. The van der Waals surface area contributed by atoms with E-state index in [1.165, 1.54) is 6.92 Å². The van der Waals surface area contributed by atoms with Gasteiger partial charge in [0, 0.05) is 25.2 Å². The molecule has 4 N–H and O–H groups in total. The molecule has 92 valence electrons. The van der Waals surface area contributed by atoms with E-state index in [9.17, 15) is 4.79 Å². The van der Waals surface area contributed by atoms with Crippen molar-refractivity contribution in [3.8, 4) is 0 Å². The molecule has 5 heteroatoms. The first-order valence-corrected chi connectivity index (χ1v) is 5.39. The van der Waals surface area contributed by atoms with Crippen molar-refractivity contribution in [1.29, 1.82) is 0 Å². The van der Waals surface area contributed by atoms with Crippen molar-refractivity contribution in [2.45, 2.75) is 20.0 Å². The van der Waals surface area contributed by atoms with Crippen LogP contribution in [0.5, 0.6) is 0 Å². The monoisotopic (exact) mass is 235 g/mol. The Balaban J connectivity index is 2.50. The normalized spacial score (nSPS) is 10.7. The smallest absolute Gasteiger partial charge is 0.216 e. The first-order valence-electron chi connectivity index (χ1n) is 5.39. The number of aliphatic hydroxyl groups excluding tert-OH is 1. The molecule has 0 aromatic carbocycles. The molecule has 1 amide bonds. The molecule has 0 aliphatic rings. The summed E-state index contributed by atoms with van der Waals surface area (Å²) in [5, 5.41) is 11.7. The van der Waals surface area contributed by atoms with E-state index >= 15 is 0 Å². The third kappa shape index (κ3) is 4.65. The molecule has 0 radical (unpaired) electrons. The predicted octanol–water partition coefficient (Wildman–Crippen LogP) is 0.695. The van der Waals surface area contributed by atoms with Gasteiger partial charge in [0.2, 0.25) is 5.91 Å². The van der Waals surface area contributed by atoms with Gasteiger partial charge in [-0.2, -0.15) is 0 Å². The van der Waals surface area contributed by atoms with Crippen LogP contribution >= 0.6 is 0 Å². The van der Waals surface area contributed by atoms with Crippen LogP contribution < -0.4 is 11.1 Å². The van der Waals surface area contributed by atoms with E-state index in [2.05, 4.69) is 10.3 Å². The minimum absolute atomic E-state index is 0.0323. The maximum Gasteiger partial charge on any atom is 0.216 e. The molecule has 0 spiro atoms. The number of nitrogens with one attached hydrogen (secondary N) is 1. The number of amides is 1. The van der Waals surface area contributed by atoms with Crippen molar-refractivity contribution in [3.63, 3.8) is 0 Å². The van der Waals surface area contributed by atoms with Gasteiger partial charge in [-0.15, -0.1) is 0 Å². The van der Waals surface area contributed by atoms with Crippen LogP contribution in [0.4, 0.5) is 5.82 Å². The average molecular weight is 235 g/mol. The number of hydrogen-bond donors (Lipinski definition) is 3. The number of aromatic nitrogens is 1. The molecule has 1 heterocycles. The van der Waals surface area contributed by atoms with E-state index < -0.39 is 0 Å². The lowest BCUT2D eigenvalue weighted by Gasteiger charge is -2.02. The summed E-state index contributed by atoms with van der Waals surface area (Å²) >= 11 is 0. The second kappa shape index (κ2) is 6.65. The Hall–Kier alpha value is -1.88. The topological polar surface area (TPSA) is 88.2 Å². The average Bonchev–Trinajstić information content (AvgIpc) is 2.30. The van der Waals surface area contributed by atoms with Crippen molar-refractivity contribution < 1.29 is 9.90 Å². The SMILES string of the molecule is CC(=O)NCCC=Cc1cnc(N)c(CO)c1. The third-order valence-corrected chi connectivity index (χ3v) is 2.19. The lowest BCUT2D eigenvalue weighted by molar-refractivity contribution is -0.118. The molecule has 0 atom stereocenters. The van der Waals surface area contributed by atoms with E-state index in [1.54, 1.807) is 12.3 Å². The van der Waals surface area contributed by atoms with Crippen molar-refractivity contribution in [2.24, 2.45) is 0 Å². The number of nitrogen functional groups attached to an aromatic ring is 1. The van der Waals surface area contributed by atoms with Crippen LogP contribution in [0.2, 0.25) is 0 Å². The number of carbonyl (C=O) groups is 1. The molecule has 1 rings (SSSR count). The fraction of sp³-hybridized carbons (Fsp3) is 0.333. The highest BCUT2D eigenvalue weighted by molar-refractivity contribution is 5.72. The van der Waals surface area contributed by atoms with Crippen molar-refractivity contribution in [2.75, 3.05) is 12.3 Å². The number of anilines is 1. The zero-order valence-electron chi connectivity index (χ0n) is 9.81. The molecule has 5 nitrogen and oxygen atoms in total. The number of pyridine rings is 1. The van der Waals surface area contributed by atoms with Crippen LogP contribution in [0.3, 0.4) is 0 Å². The first kappa shape index (κ1) is 13.2. The number of carbonyl (C=O) groups excluding carboxylic acids is 1. The zero-order valence-corrected chi connectivity index (χ0v) is 9.81. The predicted molar refractivity (Wildman–Crippen MR) is 66.9 cm³/mol. The maximum absolute atomic E-state index is 10.6. The van der Waals surface area contributed by atoms with Gasteiger partial charge < -0.3 is 16.2 Å². The zero-order chi connectivity index (χ0) is 12.7. The van der Waals surface area contributed by atoms with E-state index in [0.717, 1.165) is 12.0 Å². The van der Waals surface area contributed by atoms with Crippen LogP contribution in [-0.2, 0) is 11.4 Å². The minimum Gasteiger partial charge on any atom is -0.392 e. The second-order valence-corrected chi connectivity index (χ2v) is 3.65. The van der Waals surface area contributed by atoms with Gasteiger partial charge >= 0.3 is 0 Å². The van der Waals surface area contributed by atoms with E-state index in [1.807, 2.05) is 12.2 Å². The van der Waals surface area contributed by atoms with Crippen LogP contribution in [0.15, 0.2) is 18.3 Å². The molecule has 0 bridgehead atoms. The molecule has 1 aromatic rings. The van der Waals surface area contributed by atoms with Crippen LogP contribution in [0.1, 0.15) is 24.5 Å². The van der Waals surface area contributed by atoms with Gasteiger partial charge in [-0.05, 0) is 18.1 Å². The lowest BCUT2D eigenvalue weighted by Crippen LogP contribution is -2.20. The summed E-state index contributed by atoms with van der Waals surface area (Å²) in [5.41, 5.74) is 7.07. The van der Waals surface area contributed by atoms with Gasteiger partial charge in [0.15, 0.2) is 0 Å². The first-order chi connectivity index (χ1) is 8.13. The van der Waals surface area contributed by atoms with Gasteiger partial charge in [0.1, 0.15) is 5.82 Å². The van der Waals surface area contributed by atoms with Gasteiger partial charge in [0.05, 0.1) is 6.61 Å². The molecule has 0 aliphatic heterocycles. The van der Waals surface area contributed by atoms with E-state index in [0.29, 0.717) is 17.9 Å². The summed E-state index contributed by atoms with van der Waals surface area (Å²) in [7, 11) is 0. The molecule has 0 saturated carbocycles. The van der Waals surface area contributed by atoms with Crippen LogP contribution in [0.25, 0.3) is 6.08 Å². The lowest BCUT2D eigenvalue weighted by atomic mass is 10.2. The standard InChI is InChI=1S/C12H17N3O2/c1-9(17)14-5-3-2-4-10-6-11(8-16)12(13)15-7-10/h2,4,6-7,16H,3,5,8H2,1H3,(H2,13,15)(H,14,17). The number of aliphatic hydroxyl groups is 1. The highest BCUT2D eigenvalue weighted by Gasteiger charge is 1.98. The Labute approximate surface area is 100 Å². The number of nitrogens with zero attached hydrogens (tertiary/aromatic N) is 1. The van der Waals surface area contributed by atoms with Crippen LogP contribution in [0, 0.1) is 0 Å². The maximum atomic E-state index is 10.6. The summed E-state index contributed by atoms with van der Waals surface area (Å²) in [4.78, 5) is 14.6. The van der Waals surface area contributed by atoms with E-state index in [-0.39, 0.29) is 12.5 Å². The quantitative estimate of drug-likeness (QED) is 0.655. The minimum atomic E-state index is -0.119. The van der Waals surface area contributed by atoms with Crippen molar-refractivity contribution in [1.82, 2.24) is 10.3 Å². The number of rotatable bonds is 5. The Bertz CT molecular complexity index is 416. The second-order valence-electron chi connectivity index (χ2n) is 3.65. The molecule has 0 aliphatic carbocycles. The molecule has 0 unspecified atom stereocenters. The molecular formula is C12H17N3O2. The Kier molecular flexibility index (Phi) is 5.16. The molecule has 0 fully saturated rings. The highest BCUT2D eigenvalue weighted by Crippen LogP contribution is 2.11. The summed E-state index contributed by atoms with van der Waals surface area (Å²) in [6.45, 7) is 1.98. The Morgan fingerprint density at radius 3 is 3.06 bits per heavy atom. The largest absolute Gasteiger partial charge is 0.392 e. The van der Waals surface area contributed by atoms with Gasteiger partial charge in [-0.1, -0.05) is 12.2 Å².